The molecule has 12 heteroatoms. The fourth-order valence-corrected chi connectivity index (χ4v) is 4.73. The number of likely N-dealkylation sites (tertiary alicyclic amines) is 1. The van der Waals surface area contributed by atoms with Crippen molar-refractivity contribution in [1.29, 1.82) is 0 Å². The second-order valence-corrected chi connectivity index (χ2v) is 9.74. The van der Waals surface area contributed by atoms with Gasteiger partial charge in [0.2, 0.25) is 0 Å². The highest BCUT2D eigenvalue weighted by Gasteiger charge is 2.38. The molecule has 40 heavy (non-hydrogen) atoms. The predicted molar refractivity (Wildman–Crippen MR) is 144 cm³/mol. The number of nitrogens with zero attached hydrogens (tertiary/aromatic N) is 3. The van der Waals surface area contributed by atoms with Crippen LogP contribution in [0.25, 0.3) is 11.1 Å². The Morgan fingerprint density at radius 2 is 1.65 bits per heavy atom. The quantitative estimate of drug-likeness (QED) is 0.393. The van der Waals surface area contributed by atoms with Gasteiger partial charge in [-0.3, -0.25) is 9.69 Å². The smallest absolute Gasteiger partial charge is 0.490 e. The number of rotatable bonds is 7. The number of hydrogen-bond acceptors (Lipinski definition) is 5. The van der Waals surface area contributed by atoms with Gasteiger partial charge in [0.25, 0.3) is 5.91 Å². The molecule has 0 saturated carbocycles. The monoisotopic (exact) mass is 579 g/mol. The summed E-state index contributed by atoms with van der Waals surface area (Å²) >= 11 is 6.02. The van der Waals surface area contributed by atoms with Gasteiger partial charge in [-0.25, -0.2) is 4.79 Å². The molecule has 1 saturated heterocycles. The summed E-state index contributed by atoms with van der Waals surface area (Å²) in [6.45, 7) is 5.17. The summed E-state index contributed by atoms with van der Waals surface area (Å²) in [5, 5.41) is 7.82. The highest BCUT2D eigenvalue weighted by atomic mass is 35.5. The van der Waals surface area contributed by atoms with Crippen LogP contribution >= 0.6 is 11.6 Å². The van der Waals surface area contributed by atoms with Crippen LogP contribution in [0.3, 0.4) is 0 Å². The van der Waals surface area contributed by atoms with Gasteiger partial charge in [0.15, 0.2) is 11.5 Å². The summed E-state index contributed by atoms with van der Waals surface area (Å²) in [7, 11) is 1.63. The first kappa shape index (κ1) is 29.3. The van der Waals surface area contributed by atoms with Gasteiger partial charge in [-0.15, -0.1) is 0 Å². The fraction of sp³-hybridized carbons (Fsp3) is 0.357. The van der Waals surface area contributed by atoms with Crippen LogP contribution in [0, 0.1) is 0 Å². The second kappa shape index (κ2) is 12.6. The number of amides is 1. The maximum atomic E-state index is 13.3. The Bertz CT molecular complexity index is 1340. The molecule has 214 valence electrons. The molecule has 0 spiro atoms. The number of aromatic nitrogens is 1. The van der Waals surface area contributed by atoms with Crippen molar-refractivity contribution in [1.82, 2.24) is 9.47 Å². The van der Waals surface area contributed by atoms with Gasteiger partial charge >= 0.3 is 12.1 Å². The topological polar surface area (TPSA) is 84.2 Å². The van der Waals surface area contributed by atoms with E-state index in [0.717, 1.165) is 43.0 Å². The standard InChI is InChI=1S/C26H28ClN3O3.C2HF3O2/c1-32-25-17-22(8-9-24(25)33-15-14-28-10-2-3-11-28)30-13-12-29-18-20(16-23(29)26(30)31)19-4-6-21(27)7-5-19;3-2(4,5)1(6)7/h4-9,16-18H,2-3,10-15H2,1H3;(H,6,7). The maximum Gasteiger partial charge on any atom is 0.490 e. The van der Waals surface area contributed by atoms with Crippen LogP contribution in [0.2, 0.25) is 5.02 Å². The third-order valence-corrected chi connectivity index (χ3v) is 6.92. The average molecular weight is 580 g/mol. The molecule has 2 aromatic carbocycles. The first-order valence-electron chi connectivity index (χ1n) is 12.7. The molecule has 0 radical (unpaired) electrons. The number of anilines is 1. The molecule has 0 aliphatic carbocycles. The van der Waals surface area contributed by atoms with Crippen molar-refractivity contribution < 1.29 is 37.3 Å². The number of ether oxygens (including phenoxy) is 2. The number of carbonyl (C=O) groups is 2. The first-order chi connectivity index (χ1) is 19.1. The van der Waals surface area contributed by atoms with Crippen LogP contribution in [0.15, 0.2) is 54.7 Å². The minimum absolute atomic E-state index is 0.0220. The molecule has 0 bridgehead atoms. The van der Waals surface area contributed by atoms with Crippen molar-refractivity contribution in [3.63, 3.8) is 0 Å². The van der Waals surface area contributed by atoms with E-state index in [1.165, 1.54) is 12.8 Å². The van der Waals surface area contributed by atoms with E-state index >= 15 is 0 Å². The minimum atomic E-state index is -5.08. The van der Waals surface area contributed by atoms with Crippen molar-refractivity contribution in [2.45, 2.75) is 25.6 Å². The lowest BCUT2D eigenvalue weighted by atomic mass is 10.1. The zero-order valence-electron chi connectivity index (χ0n) is 21.8. The maximum absolute atomic E-state index is 13.3. The Morgan fingerprint density at radius 3 is 2.27 bits per heavy atom. The summed E-state index contributed by atoms with van der Waals surface area (Å²) in [6.07, 6.45) is -0.509. The lowest BCUT2D eigenvalue weighted by Crippen LogP contribution is -2.39. The average Bonchev–Trinajstić information content (AvgIpc) is 3.60. The number of fused-ring (bicyclic) bond motifs is 1. The molecule has 1 N–H and O–H groups in total. The lowest BCUT2D eigenvalue weighted by molar-refractivity contribution is -0.192. The zero-order valence-corrected chi connectivity index (χ0v) is 22.5. The summed E-state index contributed by atoms with van der Waals surface area (Å²) in [5.41, 5.74) is 3.54. The Kier molecular flexibility index (Phi) is 9.26. The van der Waals surface area contributed by atoms with Gasteiger partial charge in [0.1, 0.15) is 12.3 Å². The Labute approximate surface area is 234 Å². The van der Waals surface area contributed by atoms with Gasteiger partial charge in [-0.1, -0.05) is 23.7 Å². The molecule has 1 aromatic heterocycles. The fourth-order valence-electron chi connectivity index (χ4n) is 4.60. The van der Waals surface area contributed by atoms with Gasteiger partial charge in [0, 0.05) is 48.2 Å². The number of methoxy groups -OCH3 is 1. The van der Waals surface area contributed by atoms with Gasteiger partial charge in [-0.2, -0.15) is 13.2 Å². The van der Waals surface area contributed by atoms with Gasteiger partial charge in [-0.05, 0) is 61.8 Å². The number of carboxylic acids is 1. The van der Waals surface area contributed by atoms with Gasteiger partial charge < -0.3 is 24.0 Å². The molecule has 3 aromatic rings. The van der Waals surface area contributed by atoms with E-state index in [2.05, 4.69) is 4.90 Å². The molecule has 3 heterocycles. The third kappa shape index (κ3) is 7.08. The van der Waals surface area contributed by atoms with E-state index in [-0.39, 0.29) is 5.91 Å². The van der Waals surface area contributed by atoms with Crippen LogP contribution in [-0.2, 0) is 11.3 Å². The van der Waals surface area contributed by atoms with E-state index in [0.29, 0.717) is 35.4 Å². The molecule has 1 fully saturated rings. The van der Waals surface area contributed by atoms with Crippen LogP contribution in [-0.4, -0.2) is 72.5 Å². The Balaban J connectivity index is 0.000000470. The third-order valence-electron chi connectivity index (χ3n) is 6.67. The molecule has 5 rings (SSSR count). The second-order valence-electron chi connectivity index (χ2n) is 9.31. The van der Waals surface area contributed by atoms with Crippen LogP contribution in [0.5, 0.6) is 11.5 Å². The highest BCUT2D eigenvalue weighted by molar-refractivity contribution is 6.30. The molecule has 0 unspecified atom stereocenters. The van der Waals surface area contributed by atoms with Crippen LogP contribution in [0.4, 0.5) is 18.9 Å². The van der Waals surface area contributed by atoms with E-state index in [1.54, 1.807) is 12.0 Å². The van der Waals surface area contributed by atoms with Crippen LogP contribution in [0.1, 0.15) is 23.3 Å². The van der Waals surface area contributed by atoms with Crippen molar-refractivity contribution in [3.8, 4) is 22.6 Å². The predicted octanol–water partition coefficient (Wildman–Crippen LogP) is 5.59. The molecular weight excluding hydrogens is 551 g/mol. The van der Waals surface area contributed by atoms with Crippen molar-refractivity contribution in [3.05, 3.63) is 65.4 Å². The number of carboxylic acid groups (broad SMARTS) is 1. The SMILES string of the molecule is COc1cc(N2CCn3cc(-c4ccc(Cl)cc4)cc3C2=O)ccc1OCCN1CCCC1.O=C(O)C(F)(F)F. The summed E-state index contributed by atoms with van der Waals surface area (Å²) in [5.74, 6) is -1.43. The zero-order chi connectivity index (χ0) is 28.9. The van der Waals surface area contributed by atoms with E-state index in [1.807, 2.05) is 59.3 Å². The molecular formula is C28H29ClF3N3O5. The lowest BCUT2D eigenvalue weighted by Gasteiger charge is -2.29. The van der Waals surface area contributed by atoms with Crippen LogP contribution < -0.4 is 14.4 Å². The Morgan fingerprint density at radius 1 is 0.975 bits per heavy atom. The normalized spacial score (nSPS) is 15.3. The number of alkyl halides is 3. The molecule has 0 atom stereocenters. The molecule has 1 amide bonds. The van der Waals surface area contributed by atoms with E-state index in [9.17, 15) is 18.0 Å². The first-order valence-corrected chi connectivity index (χ1v) is 13.1. The molecule has 2 aliphatic rings. The van der Waals surface area contributed by atoms with Crippen molar-refractivity contribution in [2.75, 3.05) is 44.8 Å². The minimum Gasteiger partial charge on any atom is -0.493 e. The summed E-state index contributed by atoms with van der Waals surface area (Å²) in [4.78, 5) is 26.4. The number of hydrogen-bond donors (Lipinski definition) is 1. The number of aliphatic carboxylic acids is 1. The Hall–Kier alpha value is -3.70. The molecule has 2 aliphatic heterocycles. The summed E-state index contributed by atoms with van der Waals surface area (Å²) < 4.78 is 45.3. The number of halogens is 4. The van der Waals surface area contributed by atoms with E-state index < -0.39 is 12.1 Å². The van der Waals surface area contributed by atoms with E-state index in [4.69, 9.17) is 31.0 Å². The molecule has 8 nitrogen and oxygen atoms in total. The largest absolute Gasteiger partial charge is 0.493 e. The number of benzene rings is 2. The van der Waals surface area contributed by atoms with Gasteiger partial charge in [0.05, 0.1) is 7.11 Å². The van der Waals surface area contributed by atoms with Crippen molar-refractivity contribution >= 4 is 29.2 Å². The summed E-state index contributed by atoms with van der Waals surface area (Å²) in [6, 6.07) is 15.3. The number of carbonyl (C=O) groups excluding carboxylic acids is 1. The highest BCUT2D eigenvalue weighted by Crippen LogP contribution is 2.34. The van der Waals surface area contributed by atoms with Crippen molar-refractivity contribution in [2.24, 2.45) is 0 Å².